The number of anilines is 1. The number of rotatable bonds is 4. The molecule has 0 bridgehead atoms. The quantitative estimate of drug-likeness (QED) is 0.606. The van der Waals surface area contributed by atoms with Crippen molar-refractivity contribution in [3.8, 4) is 17.2 Å². The largest absolute Gasteiger partial charge is 0.490 e. The fourth-order valence-electron chi connectivity index (χ4n) is 3.31. The van der Waals surface area contributed by atoms with Crippen LogP contribution in [0.3, 0.4) is 0 Å². The van der Waals surface area contributed by atoms with Gasteiger partial charge in [-0.2, -0.15) is 0 Å². The highest BCUT2D eigenvalue weighted by Gasteiger charge is 2.17. The van der Waals surface area contributed by atoms with Gasteiger partial charge in [0.1, 0.15) is 11.6 Å². The number of nitrogens with one attached hydrogen (secondary N) is 2. The smallest absolute Gasteiger partial charge is 0.195 e. The first kappa shape index (κ1) is 19.3. The standard InChI is InChI=1S/C21H24FN3O4/c1-23-21(25-17-3-4-18-19(11-17)28-8-2-7-27-18)24-6-5-14-9-16(22)10-15-12-26-13-29-20(14)15/h3-4,9-11H,2,5-8,12-13H2,1H3,(H2,23,24,25). The zero-order valence-corrected chi connectivity index (χ0v) is 16.3. The Morgan fingerprint density at radius 3 is 2.83 bits per heavy atom. The van der Waals surface area contributed by atoms with Gasteiger partial charge in [-0.3, -0.25) is 4.99 Å². The van der Waals surface area contributed by atoms with E-state index >= 15 is 0 Å². The second-order valence-electron chi connectivity index (χ2n) is 6.75. The number of aliphatic imine (C=N–C) groups is 1. The highest BCUT2D eigenvalue weighted by Crippen LogP contribution is 2.32. The second kappa shape index (κ2) is 9.00. The van der Waals surface area contributed by atoms with Crippen molar-refractivity contribution >= 4 is 11.6 Å². The van der Waals surface area contributed by atoms with Crippen molar-refractivity contribution in [2.75, 3.05) is 38.9 Å². The molecule has 7 nitrogen and oxygen atoms in total. The maximum Gasteiger partial charge on any atom is 0.195 e. The number of fused-ring (bicyclic) bond motifs is 2. The number of benzene rings is 2. The molecular weight excluding hydrogens is 377 g/mol. The van der Waals surface area contributed by atoms with Crippen molar-refractivity contribution in [2.24, 2.45) is 4.99 Å². The monoisotopic (exact) mass is 401 g/mol. The van der Waals surface area contributed by atoms with Crippen molar-refractivity contribution in [1.82, 2.24) is 5.32 Å². The average molecular weight is 401 g/mol. The van der Waals surface area contributed by atoms with E-state index in [0.717, 1.165) is 29.0 Å². The predicted octanol–water partition coefficient (Wildman–Crippen LogP) is 3.08. The number of hydrogen-bond acceptors (Lipinski definition) is 5. The van der Waals surface area contributed by atoms with Crippen LogP contribution in [0.25, 0.3) is 0 Å². The van der Waals surface area contributed by atoms with Crippen LogP contribution in [-0.2, 0) is 17.8 Å². The molecule has 0 aromatic heterocycles. The van der Waals surface area contributed by atoms with Gasteiger partial charge in [0, 0.05) is 37.3 Å². The second-order valence-corrected chi connectivity index (χ2v) is 6.75. The van der Waals surface area contributed by atoms with Crippen LogP contribution >= 0.6 is 0 Å². The number of hydrogen-bond donors (Lipinski definition) is 2. The minimum Gasteiger partial charge on any atom is -0.490 e. The molecule has 2 aliphatic heterocycles. The Morgan fingerprint density at radius 1 is 1.10 bits per heavy atom. The molecule has 0 saturated carbocycles. The molecule has 4 rings (SSSR count). The molecule has 0 aliphatic carbocycles. The molecule has 2 heterocycles. The summed E-state index contributed by atoms with van der Waals surface area (Å²) in [6.45, 7) is 2.40. The van der Waals surface area contributed by atoms with E-state index in [-0.39, 0.29) is 12.6 Å². The molecule has 8 heteroatoms. The minimum absolute atomic E-state index is 0.187. The molecule has 0 spiro atoms. The highest BCUT2D eigenvalue weighted by molar-refractivity contribution is 5.93. The van der Waals surface area contributed by atoms with E-state index in [1.807, 2.05) is 18.2 Å². The first-order valence-electron chi connectivity index (χ1n) is 9.62. The lowest BCUT2D eigenvalue weighted by molar-refractivity contribution is -0.0172. The van der Waals surface area contributed by atoms with E-state index in [4.69, 9.17) is 18.9 Å². The van der Waals surface area contributed by atoms with Gasteiger partial charge in [0.05, 0.1) is 19.8 Å². The van der Waals surface area contributed by atoms with Gasteiger partial charge in [0.2, 0.25) is 0 Å². The first-order valence-corrected chi connectivity index (χ1v) is 9.62. The van der Waals surface area contributed by atoms with E-state index in [0.29, 0.717) is 50.2 Å². The van der Waals surface area contributed by atoms with Crippen LogP contribution in [0.15, 0.2) is 35.3 Å². The van der Waals surface area contributed by atoms with Gasteiger partial charge in [-0.15, -0.1) is 0 Å². The summed E-state index contributed by atoms with van der Waals surface area (Å²) in [5.41, 5.74) is 2.38. The summed E-state index contributed by atoms with van der Waals surface area (Å²) in [5.74, 6) is 2.49. The molecule has 0 atom stereocenters. The molecule has 0 saturated heterocycles. The maximum absolute atomic E-state index is 13.9. The van der Waals surface area contributed by atoms with Gasteiger partial charge in [-0.05, 0) is 36.2 Å². The Hall–Kier alpha value is -3.00. The molecular formula is C21H24FN3O4. The van der Waals surface area contributed by atoms with Crippen molar-refractivity contribution in [2.45, 2.75) is 19.4 Å². The van der Waals surface area contributed by atoms with E-state index < -0.39 is 0 Å². The van der Waals surface area contributed by atoms with Gasteiger partial charge in [0.15, 0.2) is 24.3 Å². The zero-order valence-electron chi connectivity index (χ0n) is 16.3. The molecule has 2 aliphatic rings. The Labute approximate surface area is 168 Å². The van der Waals surface area contributed by atoms with Gasteiger partial charge < -0.3 is 29.6 Å². The molecule has 0 fully saturated rings. The highest BCUT2D eigenvalue weighted by atomic mass is 19.1. The number of ether oxygens (including phenoxy) is 4. The van der Waals surface area contributed by atoms with Crippen LogP contribution < -0.4 is 24.8 Å². The van der Waals surface area contributed by atoms with Crippen molar-refractivity contribution < 1.29 is 23.3 Å². The maximum atomic E-state index is 13.9. The van der Waals surface area contributed by atoms with E-state index in [1.165, 1.54) is 12.1 Å². The lowest BCUT2D eigenvalue weighted by Crippen LogP contribution is -2.32. The van der Waals surface area contributed by atoms with Crippen molar-refractivity contribution in [3.63, 3.8) is 0 Å². The van der Waals surface area contributed by atoms with Crippen LogP contribution in [0.4, 0.5) is 10.1 Å². The third-order valence-corrected chi connectivity index (χ3v) is 4.67. The summed E-state index contributed by atoms with van der Waals surface area (Å²) < 4.78 is 36.0. The van der Waals surface area contributed by atoms with Gasteiger partial charge in [-0.25, -0.2) is 4.39 Å². The average Bonchev–Trinajstić information content (AvgIpc) is 2.97. The number of guanidine groups is 1. The topological polar surface area (TPSA) is 73.3 Å². The van der Waals surface area contributed by atoms with E-state index in [9.17, 15) is 4.39 Å². The summed E-state index contributed by atoms with van der Waals surface area (Å²) in [7, 11) is 1.70. The molecule has 0 amide bonds. The molecule has 154 valence electrons. The summed E-state index contributed by atoms with van der Waals surface area (Å²) in [5, 5.41) is 6.48. The fraction of sp³-hybridized carbons (Fsp3) is 0.381. The molecule has 2 aromatic carbocycles. The number of halogens is 1. The van der Waals surface area contributed by atoms with Crippen molar-refractivity contribution in [3.05, 3.63) is 47.3 Å². The van der Waals surface area contributed by atoms with Gasteiger partial charge >= 0.3 is 0 Å². The van der Waals surface area contributed by atoms with Crippen LogP contribution in [0.1, 0.15) is 17.5 Å². The lowest BCUT2D eigenvalue weighted by Gasteiger charge is -2.21. The third kappa shape index (κ3) is 4.71. The van der Waals surface area contributed by atoms with Crippen LogP contribution in [0.5, 0.6) is 17.2 Å². The molecule has 0 unspecified atom stereocenters. The third-order valence-electron chi connectivity index (χ3n) is 4.67. The SMILES string of the molecule is CN=C(NCCc1cc(F)cc2c1OCOC2)Nc1ccc2c(c1)OCCCO2. The normalized spacial score (nSPS) is 15.7. The van der Waals surface area contributed by atoms with Crippen molar-refractivity contribution in [1.29, 1.82) is 0 Å². The number of nitrogens with zero attached hydrogens (tertiary/aromatic N) is 1. The van der Waals surface area contributed by atoms with Crippen LogP contribution in [0, 0.1) is 5.82 Å². The predicted molar refractivity (Wildman–Crippen MR) is 107 cm³/mol. The Bertz CT molecular complexity index is 904. The molecule has 29 heavy (non-hydrogen) atoms. The van der Waals surface area contributed by atoms with E-state index in [2.05, 4.69) is 15.6 Å². The Kier molecular flexibility index (Phi) is 6.00. The summed E-state index contributed by atoms with van der Waals surface area (Å²) in [6, 6.07) is 8.65. The molecule has 0 radical (unpaired) electrons. The zero-order chi connectivity index (χ0) is 20.1. The Morgan fingerprint density at radius 2 is 1.97 bits per heavy atom. The van der Waals surface area contributed by atoms with Gasteiger partial charge in [0.25, 0.3) is 0 Å². The summed E-state index contributed by atoms with van der Waals surface area (Å²) in [6.07, 6.45) is 1.45. The van der Waals surface area contributed by atoms with Crippen LogP contribution in [-0.4, -0.2) is 39.6 Å². The Balaban J connectivity index is 1.37. The molecule has 2 N–H and O–H groups in total. The van der Waals surface area contributed by atoms with E-state index in [1.54, 1.807) is 7.05 Å². The fourth-order valence-corrected chi connectivity index (χ4v) is 3.31. The summed E-state index contributed by atoms with van der Waals surface area (Å²) >= 11 is 0. The van der Waals surface area contributed by atoms with Crippen LogP contribution in [0.2, 0.25) is 0 Å². The lowest BCUT2D eigenvalue weighted by atomic mass is 10.1. The minimum atomic E-state index is -0.289. The summed E-state index contributed by atoms with van der Waals surface area (Å²) in [4.78, 5) is 4.25. The van der Waals surface area contributed by atoms with Gasteiger partial charge in [-0.1, -0.05) is 0 Å². The first-order chi connectivity index (χ1) is 14.2. The molecule has 2 aromatic rings.